The molecule has 5 atom stereocenters. The molecule has 3 aliphatic rings. The van der Waals surface area contributed by atoms with Crippen LogP contribution < -0.4 is 0 Å². The Morgan fingerprint density at radius 1 is 1.46 bits per heavy atom. The van der Waals surface area contributed by atoms with Crippen LogP contribution in [0.3, 0.4) is 0 Å². The van der Waals surface area contributed by atoms with Crippen molar-refractivity contribution in [3.05, 3.63) is 36.0 Å². The molecular formula is C19H26O5. The monoisotopic (exact) mass is 334 g/mol. The number of ether oxygens (including phenoxy) is 3. The Bertz CT molecular complexity index is 619. The van der Waals surface area contributed by atoms with E-state index in [4.69, 9.17) is 14.2 Å². The molecule has 1 saturated heterocycles. The van der Waals surface area contributed by atoms with E-state index in [0.29, 0.717) is 30.1 Å². The lowest BCUT2D eigenvalue weighted by Gasteiger charge is -2.33. The van der Waals surface area contributed by atoms with Crippen molar-refractivity contribution in [2.45, 2.75) is 57.7 Å². The fourth-order valence-electron chi connectivity index (χ4n) is 3.59. The first-order valence-corrected chi connectivity index (χ1v) is 8.47. The lowest BCUT2D eigenvalue weighted by atomic mass is 9.83. The van der Waals surface area contributed by atoms with Gasteiger partial charge in [-0.3, -0.25) is 0 Å². The summed E-state index contributed by atoms with van der Waals surface area (Å²) in [6.45, 7) is 12.3. The van der Waals surface area contributed by atoms with Crippen LogP contribution in [-0.4, -0.2) is 41.3 Å². The van der Waals surface area contributed by atoms with Crippen LogP contribution in [0.25, 0.3) is 0 Å². The Kier molecular flexibility index (Phi) is 4.22. The molecule has 0 saturated carbocycles. The largest absolute Gasteiger partial charge is 0.454 e. The molecule has 5 unspecified atom stereocenters. The van der Waals surface area contributed by atoms with Crippen LogP contribution in [0.2, 0.25) is 0 Å². The van der Waals surface area contributed by atoms with E-state index in [1.807, 2.05) is 13.0 Å². The fourth-order valence-corrected chi connectivity index (χ4v) is 3.59. The van der Waals surface area contributed by atoms with Gasteiger partial charge in [-0.1, -0.05) is 26.5 Å². The maximum Gasteiger partial charge on any atom is 0.334 e. The van der Waals surface area contributed by atoms with Crippen LogP contribution in [0, 0.1) is 11.8 Å². The van der Waals surface area contributed by atoms with E-state index in [2.05, 4.69) is 20.4 Å². The number of esters is 1. The van der Waals surface area contributed by atoms with E-state index < -0.39 is 23.5 Å². The van der Waals surface area contributed by atoms with Gasteiger partial charge < -0.3 is 19.3 Å². The Morgan fingerprint density at radius 3 is 2.83 bits per heavy atom. The Labute approximate surface area is 143 Å². The first-order valence-electron chi connectivity index (χ1n) is 8.47. The van der Waals surface area contributed by atoms with E-state index in [1.54, 1.807) is 19.1 Å². The summed E-state index contributed by atoms with van der Waals surface area (Å²) in [6.07, 6.45) is 5.02. The summed E-state index contributed by atoms with van der Waals surface area (Å²) in [5.74, 6) is -1.78. The average Bonchev–Trinajstić information content (AvgIpc) is 2.94. The van der Waals surface area contributed by atoms with Gasteiger partial charge in [0.2, 0.25) is 5.79 Å². The third-order valence-corrected chi connectivity index (χ3v) is 4.94. The summed E-state index contributed by atoms with van der Waals surface area (Å²) in [4.78, 5) is 12.1. The van der Waals surface area contributed by atoms with Crippen LogP contribution >= 0.6 is 0 Å². The first kappa shape index (κ1) is 17.4. The van der Waals surface area contributed by atoms with Gasteiger partial charge in [0.15, 0.2) is 0 Å². The number of carbonyl (C=O) groups is 1. The summed E-state index contributed by atoms with van der Waals surface area (Å²) in [7, 11) is 0. The van der Waals surface area contributed by atoms with Crippen molar-refractivity contribution in [3.63, 3.8) is 0 Å². The number of fused-ring (bicyclic) bond motifs is 3. The Balaban J connectivity index is 2.01. The molecule has 5 heteroatoms. The van der Waals surface area contributed by atoms with Gasteiger partial charge in [0.25, 0.3) is 0 Å². The first-order chi connectivity index (χ1) is 11.1. The van der Waals surface area contributed by atoms with Crippen LogP contribution in [0.5, 0.6) is 0 Å². The third-order valence-electron chi connectivity index (χ3n) is 4.94. The van der Waals surface area contributed by atoms with Gasteiger partial charge in [-0.2, -0.15) is 0 Å². The topological polar surface area (TPSA) is 65.0 Å². The summed E-state index contributed by atoms with van der Waals surface area (Å²) >= 11 is 0. The normalized spacial score (nSPS) is 41.6. The van der Waals surface area contributed by atoms with E-state index in [1.165, 1.54) is 0 Å². The number of hydrogen-bond donors (Lipinski definition) is 1. The second kappa shape index (κ2) is 5.83. The van der Waals surface area contributed by atoms with Crippen LogP contribution in [0.15, 0.2) is 36.0 Å². The number of rotatable bonds is 3. The number of aliphatic hydroxyl groups is 1. The predicted molar refractivity (Wildman–Crippen MR) is 89.0 cm³/mol. The zero-order valence-electron chi connectivity index (χ0n) is 14.7. The standard InChI is InChI=1S/C19H26O5/c1-11(2)10-22-15-9-18(5)6-7-19(21,24-18)12(3)8-14-16(15)13(4)17(20)23-14/h6-8,11,14-16,21H,4,9-10H2,1-3,5H3. The Hall–Kier alpha value is -1.43. The molecule has 0 aromatic rings. The minimum atomic E-state index is -1.47. The third kappa shape index (κ3) is 2.96. The summed E-state index contributed by atoms with van der Waals surface area (Å²) in [5, 5.41) is 10.8. The number of carbonyl (C=O) groups excluding carboxylic acids is 1. The lowest BCUT2D eigenvalue weighted by molar-refractivity contribution is -0.188. The van der Waals surface area contributed by atoms with Crippen LogP contribution in [0.4, 0.5) is 0 Å². The number of hydrogen-bond acceptors (Lipinski definition) is 5. The molecule has 3 heterocycles. The van der Waals surface area contributed by atoms with E-state index >= 15 is 0 Å². The summed E-state index contributed by atoms with van der Waals surface area (Å²) in [5.41, 5.74) is 0.353. The summed E-state index contributed by atoms with van der Waals surface area (Å²) in [6, 6.07) is 0. The molecule has 0 aromatic carbocycles. The predicted octanol–water partition coefficient (Wildman–Crippen LogP) is 2.51. The minimum absolute atomic E-state index is 0.275. The molecule has 0 spiro atoms. The van der Waals surface area contributed by atoms with Gasteiger partial charge in [-0.05, 0) is 37.5 Å². The Morgan fingerprint density at radius 2 is 2.17 bits per heavy atom. The maximum atomic E-state index is 12.1. The van der Waals surface area contributed by atoms with Crippen molar-refractivity contribution in [1.82, 2.24) is 0 Å². The highest BCUT2D eigenvalue weighted by molar-refractivity contribution is 5.91. The molecule has 0 radical (unpaired) electrons. The van der Waals surface area contributed by atoms with Crippen molar-refractivity contribution in [3.8, 4) is 0 Å². The van der Waals surface area contributed by atoms with Crippen molar-refractivity contribution in [2.24, 2.45) is 11.8 Å². The quantitative estimate of drug-likeness (QED) is 0.488. The molecule has 0 aliphatic carbocycles. The fraction of sp³-hybridized carbons (Fsp3) is 0.632. The van der Waals surface area contributed by atoms with E-state index in [-0.39, 0.29) is 12.0 Å². The molecular weight excluding hydrogens is 308 g/mol. The van der Waals surface area contributed by atoms with E-state index in [9.17, 15) is 9.90 Å². The molecule has 24 heavy (non-hydrogen) atoms. The zero-order valence-corrected chi connectivity index (χ0v) is 14.7. The van der Waals surface area contributed by atoms with E-state index in [0.717, 1.165) is 0 Å². The average molecular weight is 334 g/mol. The molecule has 3 rings (SSSR count). The SMILES string of the molecule is C=C1C(=O)OC2C=C(C)C3(O)C=CC(C)(CC(OCC(C)C)C12)O3. The highest BCUT2D eigenvalue weighted by atomic mass is 16.6. The minimum Gasteiger partial charge on any atom is -0.454 e. The molecule has 0 amide bonds. The van der Waals surface area contributed by atoms with Crippen LogP contribution in [0.1, 0.15) is 34.1 Å². The van der Waals surface area contributed by atoms with Crippen molar-refractivity contribution < 1.29 is 24.1 Å². The van der Waals surface area contributed by atoms with Gasteiger partial charge in [-0.25, -0.2) is 4.79 Å². The lowest BCUT2D eigenvalue weighted by Crippen LogP contribution is -2.40. The zero-order chi connectivity index (χ0) is 17.7. The maximum absolute atomic E-state index is 12.1. The second-order valence-corrected chi connectivity index (χ2v) is 7.68. The van der Waals surface area contributed by atoms with Crippen molar-refractivity contribution in [2.75, 3.05) is 6.61 Å². The molecule has 1 N–H and O–H groups in total. The van der Waals surface area contributed by atoms with Gasteiger partial charge >= 0.3 is 5.97 Å². The van der Waals surface area contributed by atoms with Gasteiger partial charge in [0.05, 0.1) is 17.6 Å². The molecule has 2 bridgehead atoms. The second-order valence-electron chi connectivity index (χ2n) is 7.68. The smallest absolute Gasteiger partial charge is 0.334 e. The summed E-state index contributed by atoms with van der Waals surface area (Å²) < 4.78 is 17.6. The molecule has 5 nitrogen and oxygen atoms in total. The van der Waals surface area contributed by atoms with Gasteiger partial charge in [-0.15, -0.1) is 0 Å². The van der Waals surface area contributed by atoms with Crippen molar-refractivity contribution >= 4 is 5.97 Å². The highest BCUT2D eigenvalue weighted by Crippen LogP contribution is 2.44. The molecule has 1 fully saturated rings. The van der Waals surface area contributed by atoms with Crippen LogP contribution in [-0.2, 0) is 19.0 Å². The van der Waals surface area contributed by atoms with Gasteiger partial charge in [0.1, 0.15) is 6.10 Å². The molecule has 0 aromatic heterocycles. The van der Waals surface area contributed by atoms with Crippen molar-refractivity contribution in [1.29, 1.82) is 0 Å². The van der Waals surface area contributed by atoms with Gasteiger partial charge in [0, 0.05) is 18.6 Å². The molecule has 132 valence electrons. The molecule has 3 aliphatic heterocycles. The highest BCUT2D eigenvalue weighted by Gasteiger charge is 2.51.